The van der Waals surface area contributed by atoms with Crippen LogP contribution in [0.2, 0.25) is 5.02 Å². The summed E-state index contributed by atoms with van der Waals surface area (Å²) in [4.78, 5) is 26.1. The molecule has 5 nitrogen and oxygen atoms in total. The molecule has 1 heterocycles. The molecule has 1 aromatic heterocycles. The van der Waals surface area contributed by atoms with Crippen LogP contribution in [0.15, 0.2) is 48.7 Å². The average Bonchev–Trinajstić information content (AvgIpc) is 2.90. The number of anilines is 1. The molecule has 3 N–H and O–H groups in total. The molecule has 0 aliphatic heterocycles. The maximum absolute atomic E-state index is 12.3. The number of benzene rings is 2. The number of fused-ring (bicyclic) bond motifs is 1. The zero-order chi connectivity index (χ0) is 15.7. The first-order chi connectivity index (χ1) is 10.5. The number of nitrogens with one attached hydrogen (secondary N) is 2. The molecule has 22 heavy (non-hydrogen) atoms. The van der Waals surface area contributed by atoms with E-state index in [0.717, 1.165) is 10.9 Å². The lowest BCUT2D eigenvalue weighted by molar-refractivity contribution is 0.0696. The van der Waals surface area contributed by atoms with Gasteiger partial charge < -0.3 is 15.4 Å². The molecular weight excluding hydrogens is 304 g/mol. The van der Waals surface area contributed by atoms with Gasteiger partial charge in [-0.05, 0) is 42.5 Å². The third-order valence-electron chi connectivity index (χ3n) is 3.28. The number of rotatable bonds is 3. The fraction of sp³-hybridized carbons (Fsp3) is 0. The Labute approximate surface area is 130 Å². The number of aromatic nitrogens is 1. The molecule has 3 aromatic rings. The Bertz CT molecular complexity index is 869. The van der Waals surface area contributed by atoms with Crippen molar-refractivity contribution in [2.75, 3.05) is 5.32 Å². The van der Waals surface area contributed by atoms with Gasteiger partial charge in [0.1, 0.15) is 0 Å². The van der Waals surface area contributed by atoms with Gasteiger partial charge in [-0.2, -0.15) is 0 Å². The molecule has 2 aromatic carbocycles. The maximum Gasteiger partial charge on any atom is 0.335 e. The van der Waals surface area contributed by atoms with E-state index in [1.807, 2.05) is 0 Å². The second-order valence-electron chi connectivity index (χ2n) is 4.73. The van der Waals surface area contributed by atoms with Crippen molar-refractivity contribution >= 4 is 40.1 Å². The van der Waals surface area contributed by atoms with Crippen LogP contribution in [0.5, 0.6) is 0 Å². The molecule has 110 valence electrons. The van der Waals surface area contributed by atoms with Gasteiger partial charge in [-0.1, -0.05) is 11.6 Å². The Morgan fingerprint density at radius 1 is 1.09 bits per heavy atom. The molecule has 0 fully saturated rings. The van der Waals surface area contributed by atoms with Crippen molar-refractivity contribution in [1.82, 2.24) is 4.98 Å². The number of hydrogen-bond donors (Lipinski definition) is 3. The monoisotopic (exact) mass is 314 g/mol. The smallest absolute Gasteiger partial charge is 0.335 e. The molecule has 0 saturated heterocycles. The van der Waals surface area contributed by atoms with Gasteiger partial charge in [0.15, 0.2) is 0 Å². The standard InChI is InChI=1S/C16H11ClN2O3/c17-10-3-6-14-12(7-10)13(8-18-14)15(20)19-11-4-1-9(2-5-11)16(21)22/h1-8,18H,(H,19,20)(H,21,22). The van der Waals surface area contributed by atoms with E-state index in [9.17, 15) is 9.59 Å². The highest BCUT2D eigenvalue weighted by molar-refractivity contribution is 6.31. The van der Waals surface area contributed by atoms with E-state index in [-0.39, 0.29) is 11.5 Å². The minimum absolute atomic E-state index is 0.164. The Morgan fingerprint density at radius 2 is 1.82 bits per heavy atom. The van der Waals surface area contributed by atoms with Crippen molar-refractivity contribution in [3.8, 4) is 0 Å². The van der Waals surface area contributed by atoms with Gasteiger partial charge in [-0.15, -0.1) is 0 Å². The normalized spacial score (nSPS) is 10.6. The molecule has 1 amide bonds. The zero-order valence-electron chi connectivity index (χ0n) is 11.3. The SMILES string of the molecule is O=C(O)c1ccc(NC(=O)c2c[nH]c3ccc(Cl)cc23)cc1. The van der Waals surface area contributed by atoms with E-state index >= 15 is 0 Å². The van der Waals surface area contributed by atoms with E-state index in [1.165, 1.54) is 12.1 Å². The zero-order valence-corrected chi connectivity index (χ0v) is 12.0. The number of carboxylic acids is 1. The van der Waals surface area contributed by atoms with Gasteiger partial charge in [0.25, 0.3) is 5.91 Å². The molecule has 0 unspecified atom stereocenters. The van der Waals surface area contributed by atoms with Gasteiger partial charge in [-0.25, -0.2) is 4.79 Å². The summed E-state index contributed by atoms with van der Waals surface area (Å²) in [5, 5.41) is 12.9. The Balaban J connectivity index is 1.87. The molecule has 0 aliphatic carbocycles. The van der Waals surface area contributed by atoms with Crippen LogP contribution in [0.1, 0.15) is 20.7 Å². The van der Waals surface area contributed by atoms with Crippen LogP contribution < -0.4 is 5.32 Å². The Kier molecular flexibility index (Phi) is 3.56. The molecule has 0 atom stereocenters. The van der Waals surface area contributed by atoms with Gasteiger partial charge in [-0.3, -0.25) is 4.79 Å². The topological polar surface area (TPSA) is 82.2 Å². The summed E-state index contributed by atoms with van der Waals surface area (Å²) in [6.07, 6.45) is 1.61. The fourth-order valence-electron chi connectivity index (χ4n) is 2.18. The third-order valence-corrected chi connectivity index (χ3v) is 3.51. The minimum Gasteiger partial charge on any atom is -0.478 e. The second-order valence-corrected chi connectivity index (χ2v) is 5.17. The average molecular weight is 315 g/mol. The van der Waals surface area contributed by atoms with Crippen LogP contribution in [0, 0.1) is 0 Å². The van der Waals surface area contributed by atoms with Gasteiger partial charge in [0, 0.05) is 27.8 Å². The van der Waals surface area contributed by atoms with E-state index in [2.05, 4.69) is 10.3 Å². The number of aromatic carboxylic acids is 1. The summed E-state index contributed by atoms with van der Waals surface area (Å²) in [6, 6.07) is 11.2. The summed E-state index contributed by atoms with van der Waals surface area (Å²) in [5.41, 5.74) is 1.97. The first-order valence-corrected chi connectivity index (χ1v) is 6.84. The van der Waals surface area contributed by atoms with E-state index in [1.54, 1.807) is 36.5 Å². The quantitative estimate of drug-likeness (QED) is 0.688. The van der Waals surface area contributed by atoms with Crippen molar-refractivity contribution in [2.45, 2.75) is 0 Å². The fourth-order valence-corrected chi connectivity index (χ4v) is 2.35. The largest absolute Gasteiger partial charge is 0.478 e. The molecule has 0 saturated carbocycles. The number of carbonyl (C=O) groups is 2. The van der Waals surface area contributed by atoms with Crippen molar-refractivity contribution in [2.24, 2.45) is 0 Å². The molecule has 0 spiro atoms. The number of H-pyrrole nitrogens is 1. The van der Waals surface area contributed by atoms with Gasteiger partial charge >= 0.3 is 5.97 Å². The van der Waals surface area contributed by atoms with Crippen LogP contribution in [0.3, 0.4) is 0 Å². The number of hydrogen-bond acceptors (Lipinski definition) is 2. The molecule has 6 heteroatoms. The Hall–Kier alpha value is -2.79. The molecular formula is C16H11ClN2O3. The van der Waals surface area contributed by atoms with Crippen LogP contribution in [0.4, 0.5) is 5.69 Å². The van der Waals surface area contributed by atoms with E-state index < -0.39 is 5.97 Å². The Morgan fingerprint density at radius 3 is 2.50 bits per heavy atom. The summed E-state index contributed by atoms with van der Waals surface area (Å²) in [5.74, 6) is -1.30. The van der Waals surface area contributed by atoms with Crippen molar-refractivity contribution in [3.05, 3.63) is 64.8 Å². The summed E-state index contributed by atoms with van der Waals surface area (Å²) >= 11 is 5.96. The van der Waals surface area contributed by atoms with E-state index in [0.29, 0.717) is 16.3 Å². The number of aromatic amines is 1. The van der Waals surface area contributed by atoms with Crippen LogP contribution in [-0.2, 0) is 0 Å². The van der Waals surface area contributed by atoms with Crippen LogP contribution >= 0.6 is 11.6 Å². The minimum atomic E-state index is -1.01. The van der Waals surface area contributed by atoms with Crippen LogP contribution in [-0.4, -0.2) is 22.0 Å². The van der Waals surface area contributed by atoms with Gasteiger partial charge in [0.2, 0.25) is 0 Å². The summed E-state index contributed by atoms with van der Waals surface area (Å²) in [6.45, 7) is 0. The van der Waals surface area contributed by atoms with Crippen LogP contribution in [0.25, 0.3) is 10.9 Å². The predicted molar refractivity (Wildman–Crippen MR) is 84.7 cm³/mol. The highest BCUT2D eigenvalue weighted by Crippen LogP contribution is 2.23. The lowest BCUT2D eigenvalue weighted by atomic mass is 10.1. The van der Waals surface area contributed by atoms with Crippen molar-refractivity contribution in [1.29, 1.82) is 0 Å². The molecule has 0 bridgehead atoms. The highest BCUT2D eigenvalue weighted by Gasteiger charge is 2.13. The number of amides is 1. The number of carbonyl (C=O) groups excluding carboxylic acids is 1. The first-order valence-electron chi connectivity index (χ1n) is 6.46. The third kappa shape index (κ3) is 2.66. The van der Waals surface area contributed by atoms with E-state index in [4.69, 9.17) is 16.7 Å². The predicted octanol–water partition coefficient (Wildman–Crippen LogP) is 3.77. The number of carboxylic acid groups (broad SMARTS) is 1. The lowest BCUT2D eigenvalue weighted by Crippen LogP contribution is -2.11. The van der Waals surface area contributed by atoms with Crippen molar-refractivity contribution in [3.63, 3.8) is 0 Å². The second kappa shape index (κ2) is 5.54. The first kappa shape index (κ1) is 14.2. The summed E-state index contributed by atoms with van der Waals surface area (Å²) < 4.78 is 0. The molecule has 3 rings (SSSR count). The maximum atomic E-state index is 12.3. The van der Waals surface area contributed by atoms with Gasteiger partial charge in [0.05, 0.1) is 11.1 Å². The highest BCUT2D eigenvalue weighted by atomic mass is 35.5. The number of halogens is 1. The molecule has 0 radical (unpaired) electrons. The van der Waals surface area contributed by atoms with Crippen molar-refractivity contribution < 1.29 is 14.7 Å². The molecule has 0 aliphatic rings. The summed E-state index contributed by atoms with van der Waals surface area (Å²) in [7, 11) is 0. The lowest BCUT2D eigenvalue weighted by Gasteiger charge is -2.05.